The predicted octanol–water partition coefficient (Wildman–Crippen LogP) is 2.59. The van der Waals surface area contributed by atoms with E-state index in [0.29, 0.717) is 11.1 Å². The Hall–Kier alpha value is -1.66. The van der Waals surface area contributed by atoms with Gasteiger partial charge in [0.2, 0.25) is 0 Å². The largest absolute Gasteiger partial charge is 0.481 e. The zero-order valence-electron chi connectivity index (χ0n) is 12.4. The lowest BCUT2D eigenvalue weighted by Crippen LogP contribution is -2.22. The van der Waals surface area contributed by atoms with Crippen LogP contribution < -0.4 is 0 Å². The van der Waals surface area contributed by atoms with Crippen LogP contribution in [0.1, 0.15) is 23.1 Å². The minimum atomic E-state index is -3.98. The van der Waals surface area contributed by atoms with E-state index in [2.05, 4.69) is 6.58 Å². The van der Waals surface area contributed by atoms with Crippen LogP contribution in [0.4, 0.5) is 0 Å². The van der Waals surface area contributed by atoms with Crippen molar-refractivity contribution >= 4 is 16.1 Å². The standard InChI is InChI=1S/C15H20O5S/c1-5-6-13(15(16)17)9-20-21(18,19)14-11(3)7-10(2)8-12(14)4/h5,7-8,13H,1,6,9H2,2-4H3,(H,16,17)/t13-/m0/s1. The molecule has 0 fully saturated rings. The molecule has 0 heterocycles. The maximum atomic E-state index is 12.3. The van der Waals surface area contributed by atoms with Crippen molar-refractivity contribution in [2.75, 3.05) is 6.61 Å². The van der Waals surface area contributed by atoms with Crippen LogP contribution in [0.25, 0.3) is 0 Å². The molecule has 116 valence electrons. The molecule has 0 aliphatic carbocycles. The quantitative estimate of drug-likeness (QED) is 0.618. The molecule has 1 rings (SSSR count). The number of benzene rings is 1. The van der Waals surface area contributed by atoms with E-state index in [1.54, 1.807) is 26.0 Å². The Labute approximate surface area is 125 Å². The lowest BCUT2D eigenvalue weighted by molar-refractivity contribution is -0.142. The molecule has 1 aromatic rings. The first kappa shape index (κ1) is 17.4. The SMILES string of the molecule is C=CC[C@@H](COS(=O)(=O)c1c(C)cc(C)cc1C)C(=O)O. The van der Waals surface area contributed by atoms with Crippen molar-refractivity contribution < 1.29 is 22.5 Å². The van der Waals surface area contributed by atoms with Crippen LogP contribution in [0.15, 0.2) is 29.7 Å². The zero-order chi connectivity index (χ0) is 16.2. The summed E-state index contributed by atoms with van der Waals surface area (Å²) in [6, 6.07) is 3.50. The van der Waals surface area contributed by atoms with Gasteiger partial charge in [-0.3, -0.25) is 8.98 Å². The molecule has 6 heteroatoms. The predicted molar refractivity (Wildman–Crippen MR) is 79.7 cm³/mol. The van der Waals surface area contributed by atoms with Crippen molar-refractivity contribution in [3.05, 3.63) is 41.5 Å². The van der Waals surface area contributed by atoms with Crippen molar-refractivity contribution in [2.24, 2.45) is 5.92 Å². The van der Waals surface area contributed by atoms with Crippen LogP contribution in [-0.2, 0) is 19.1 Å². The van der Waals surface area contributed by atoms with Crippen molar-refractivity contribution in [1.82, 2.24) is 0 Å². The first-order chi connectivity index (χ1) is 9.69. The molecule has 21 heavy (non-hydrogen) atoms. The smallest absolute Gasteiger partial charge is 0.309 e. The van der Waals surface area contributed by atoms with Crippen LogP contribution in [0.3, 0.4) is 0 Å². The summed E-state index contributed by atoms with van der Waals surface area (Å²) in [5.41, 5.74) is 2.13. The lowest BCUT2D eigenvalue weighted by atomic mass is 10.1. The second-order valence-corrected chi connectivity index (χ2v) is 6.58. The number of carbonyl (C=O) groups is 1. The van der Waals surface area contributed by atoms with Gasteiger partial charge in [-0.25, -0.2) is 0 Å². The molecule has 0 bridgehead atoms. The molecule has 0 aliphatic heterocycles. The van der Waals surface area contributed by atoms with Gasteiger partial charge in [0.25, 0.3) is 10.1 Å². The van der Waals surface area contributed by atoms with Gasteiger partial charge in [0.15, 0.2) is 0 Å². The highest BCUT2D eigenvalue weighted by Crippen LogP contribution is 2.24. The van der Waals surface area contributed by atoms with Gasteiger partial charge in [-0.2, -0.15) is 8.42 Å². The molecule has 0 spiro atoms. The van der Waals surface area contributed by atoms with E-state index >= 15 is 0 Å². The van der Waals surface area contributed by atoms with Crippen molar-refractivity contribution in [1.29, 1.82) is 0 Å². The number of rotatable bonds is 7. The molecule has 0 unspecified atom stereocenters. The molecular formula is C15H20O5S. The average Bonchev–Trinajstić information content (AvgIpc) is 2.32. The van der Waals surface area contributed by atoms with Crippen LogP contribution >= 0.6 is 0 Å². The Morgan fingerprint density at radius 1 is 1.33 bits per heavy atom. The molecule has 1 aromatic carbocycles. The Bertz CT molecular complexity index is 623. The van der Waals surface area contributed by atoms with E-state index in [-0.39, 0.29) is 11.3 Å². The molecule has 1 N–H and O–H groups in total. The third-order valence-electron chi connectivity index (χ3n) is 3.08. The molecule has 0 radical (unpaired) electrons. The Balaban J connectivity index is 3.02. The number of hydrogen-bond donors (Lipinski definition) is 1. The number of carboxylic acids is 1. The third-order valence-corrected chi connectivity index (χ3v) is 4.67. The van der Waals surface area contributed by atoms with Crippen LogP contribution in [0, 0.1) is 26.7 Å². The van der Waals surface area contributed by atoms with Gasteiger partial charge < -0.3 is 5.11 Å². The first-order valence-corrected chi connectivity index (χ1v) is 7.91. The first-order valence-electron chi connectivity index (χ1n) is 6.50. The number of aliphatic carboxylic acids is 1. The van der Waals surface area contributed by atoms with Crippen LogP contribution in [0.2, 0.25) is 0 Å². The minimum Gasteiger partial charge on any atom is -0.481 e. The number of allylic oxidation sites excluding steroid dienone is 1. The summed E-state index contributed by atoms with van der Waals surface area (Å²) < 4.78 is 29.5. The minimum absolute atomic E-state index is 0.107. The van der Waals surface area contributed by atoms with Gasteiger partial charge in [-0.15, -0.1) is 6.58 Å². The zero-order valence-corrected chi connectivity index (χ0v) is 13.2. The summed E-state index contributed by atoms with van der Waals surface area (Å²) in [6.07, 6.45) is 1.58. The maximum absolute atomic E-state index is 12.3. The molecule has 1 atom stereocenters. The van der Waals surface area contributed by atoms with Gasteiger partial charge >= 0.3 is 5.97 Å². The highest BCUT2D eigenvalue weighted by molar-refractivity contribution is 7.86. The van der Waals surface area contributed by atoms with E-state index in [4.69, 9.17) is 9.29 Å². The van der Waals surface area contributed by atoms with E-state index in [9.17, 15) is 13.2 Å². The highest BCUT2D eigenvalue weighted by atomic mass is 32.2. The fourth-order valence-corrected chi connectivity index (χ4v) is 3.60. The molecule has 5 nitrogen and oxygen atoms in total. The van der Waals surface area contributed by atoms with Crippen molar-refractivity contribution in [3.63, 3.8) is 0 Å². The van der Waals surface area contributed by atoms with Crippen molar-refractivity contribution in [3.8, 4) is 0 Å². The second-order valence-electron chi connectivity index (χ2n) is 5.03. The summed E-state index contributed by atoms with van der Waals surface area (Å²) in [6.45, 7) is 8.30. The summed E-state index contributed by atoms with van der Waals surface area (Å²) in [5.74, 6) is -2.04. The number of aryl methyl sites for hydroxylation is 3. The Morgan fingerprint density at radius 3 is 2.29 bits per heavy atom. The van der Waals surface area contributed by atoms with Gasteiger partial charge in [-0.05, 0) is 38.3 Å². The topological polar surface area (TPSA) is 80.7 Å². The summed E-state index contributed by atoms with van der Waals surface area (Å²) >= 11 is 0. The van der Waals surface area contributed by atoms with Gasteiger partial charge in [0.05, 0.1) is 17.4 Å². The van der Waals surface area contributed by atoms with Crippen molar-refractivity contribution in [2.45, 2.75) is 32.1 Å². The molecule has 0 saturated heterocycles. The van der Waals surface area contributed by atoms with E-state index in [1.165, 1.54) is 6.08 Å². The fraction of sp³-hybridized carbons (Fsp3) is 0.400. The van der Waals surface area contributed by atoms with Crippen LogP contribution in [-0.4, -0.2) is 26.1 Å². The third kappa shape index (κ3) is 4.41. The molecule has 0 aliphatic rings. The highest BCUT2D eigenvalue weighted by Gasteiger charge is 2.25. The normalized spacial score (nSPS) is 12.9. The molecule has 0 amide bonds. The van der Waals surface area contributed by atoms with E-state index < -0.39 is 28.6 Å². The summed E-state index contributed by atoms with van der Waals surface area (Å²) in [7, 11) is -3.98. The maximum Gasteiger partial charge on any atom is 0.309 e. The average molecular weight is 312 g/mol. The van der Waals surface area contributed by atoms with Crippen LogP contribution in [0.5, 0.6) is 0 Å². The molecular weight excluding hydrogens is 292 g/mol. The fourth-order valence-electron chi connectivity index (χ4n) is 2.23. The monoisotopic (exact) mass is 312 g/mol. The van der Waals surface area contributed by atoms with Gasteiger partial charge in [0, 0.05) is 0 Å². The number of hydrogen-bond acceptors (Lipinski definition) is 4. The lowest BCUT2D eigenvalue weighted by Gasteiger charge is -2.14. The molecule has 0 aromatic heterocycles. The van der Waals surface area contributed by atoms with Gasteiger partial charge in [-0.1, -0.05) is 23.8 Å². The summed E-state index contributed by atoms with van der Waals surface area (Å²) in [5, 5.41) is 8.99. The van der Waals surface area contributed by atoms with E-state index in [1.807, 2.05) is 6.92 Å². The summed E-state index contributed by atoms with van der Waals surface area (Å²) in [4.78, 5) is 11.1. The van der Waals surface area contributed by atoms with E-state index in [0.717, 1.165) is 5.56 Å². The Morgan fingerprint density at radius 2 is 1.86 bits per heavy atom. The Kier molecular flexibility index (Phi) is 5.69. The second kappa shape index (κ2) is 6.87. The molecule has 0 saturated carbocycles. The number of carboxylic acid groups (broad SMARTS) is 1. The van der Waals surface area contributed by atoms with Gasteiger partial charge in [0.1, 0.15) is 0 Å².